The molecule has 0 bridgehead atoms. The maximum absolute atomic E-state index is 5.98. The van der Waals surface area contributed by atoms with Crippen molar-refractivity contribution in [3.05, 3.63) is 30.1 Å². The van der Waals surface area contributed by atoms with Crippen LogP contribution in [0.2, 0.25) is 0 Å². The molecule has 0 fully saturated rings. The first-order chi connectivity index (χ1) is 10.2. The van der Waals surface area contributed by atoms with Gasteiger partial charge in [-0.3, -0.25) is 0 Å². The molecular formula is C13H15N5S3. The summed E-state index contributed by atoms with van der Waals surface area (Å²) in [6, 6.07) is 6.08. The SMILES string of the molecule is CSc1nnc(Sc2nc3ccccn3c2CC(C)N)s1. The Hall–Kier alpha value is -1.09. The third-order valence-electron chi connectivity index (χ3n) is 2.85. The lowest BCUT2D eigenvalue weighted by molar-refractivity contribution is 0.705. The minimum Gasteiger partial charge on any atom is -0.328 e. The number of nitrogens with two attached hydrogens (primary N) is 1. The number of nitrogens with zero attached hydrogens (tertiary/aromatic N) is 4. The van der Waals surface area contributed by atoms with Crippen molar-refractivity contribution in [2.24, 2.45) is 5.73 Å². The molecule has 0 aromatic carbocycles. The minimum absolute atomic E-state index is 0.0839. The van der Waals surface area contributed by atoms with Crippen molar-refractivity contribution in [3.8, 4) is 0 Å². The predicted octanol–water partition coefficient (Wildman–Crippen LogP) is 2.95. The van der Waals surface area contributed by atoms with E-state index >= 15 is 0 Å². The molecule has 0 saturated carbocycles. The molecule has 3 heterocycles. The molecule has 0 aliphatic heterocycles. The molecule has 0 saturated heterocycles. The Labute approximate surface area is 135 Å². The molecule has 0 aliphatic rings. The second kappa shape index (κ2) is 6.35. The molecule has 0 spiro atoms. The van der Waals surface area contributed by atoms with E-state index in [0.29, 0.717) is 0 Å². The molecule has 8 heteroatoms. The third-order valence-corrected chi connectivity index (χ3v) is 5.82. The summed E-state index contributed by atoms with van der Waals surface area (Å²) in [7, 11) is 0. The molecule has 21 heavy (non-hydrogen) atoms. The van der Waals surface area contributed by atoms with E-state index in [1.54, 1.807) is 34.9 Å². The second-order valence-corrected chi connectivity index (χ2v) is 7.88. The number of pyridine rings is 1. The summed E-state index contributed by atoms with van der Waals surface area (Å²) in [6.45, 7) is 2.01. The second-order valence-electron chi connectivity index (χ2n) is 4.61. The Kier molecular flexibility index (Phi) is 4.48. The molecule has 0 amide bonds. The maximum atomic E-state index is 5.98. The van der Waals surface area contributed by atoms with Gasteiger partial charge in [0.05, 0.1) is 5.69 Å². The lowest BCUT2D eigenvalue weighted by atomic mass is 10.2. The largest absolute Gasteiger partial charge is 0.328 e. The smallest absolute Gasteiger partial charge is 0.181 e. The van der Waals surface area contributed by atoms with E-state index in [9.17, 15) is 0 Å². The summed E-state index contributed by atoms with van der Waals surface area (Å²) < 4.78 is 3.98. The summed E-state index contributed by atoms with van der Waals surface area (Å²) in [5.41, 5.74) is 8.05. The van der Waals surface area contributed by atoms with Crippen LogP contribution < -0.4 is 5.73 Å². The van der Waals surface area contributed by atoms with Crippen LogP contribution in [0.25, 0.3) is 5.65 Å². The Morgan fingerprint density at radius 1 is 1.33 bits per heavy atom. The molecule has 1 atom stereocenters. The average Bonchev–Trinajstić information content (AvgIpc) is 3.05. The fraction of sp³-hybridized carbons (Fsp3) is 0.308. The van der Waals surface area contributed by atoms with Gasteiger partial charge < -0.3 is 10.1 Å². The predicted molar refractivity (Wildman–Crippen MR) is 88.4 cm³/mol. The Balaban J connectivity index is 1.99. The van der Waals surface area contributed by atoms with Gasteiger partial charge in [-0.25, -0.2) is 4.98 Å². The molecular weight excluding hydrogens is 322 g/mol. The summed E-state index contributed by atoms with van der Waals surface area (Å²) >= 11 is 4.76. The van der Waals surface area contributed by atoms with Gasteiger partial charge in [0.15, 0.2) is 8.68 Å². The maximum Gasteiger partial charge on any atom is 0.181 e. The molecule has 3 aromatic rings. The number of thioether (sulfide) groups is 1. The van der Waals surface area contributed by atoms with Gasteiger partial charge >= 0.3 is 0 Å². The van der Waals surface area contributed by atoms with E-state index in [1.165, 1.54) is 0 Å². The number of aromatic nitrogens is 4. The Morgan fingerprint density at radius 2 is 2.14 bits per heavy atom. The Bertz CT molecular complexity index is 749. The number of imidazole rings is 1. The van der Waals surface area contributed by atoms with E-state index in [4.69, 9.17) is 10.7 Å². The third kappa shape index (κ3) is 3.23. The zero-order chi connectivity index (χ0) is 14.8. The first-order valence-corrected chi connectivity index (χ1v) is 9.30. The Morgan fingerprint density at radius 3 is 2.86 bits per heavy atom. The van der Waals surface area contributed by atoms with Crippen LogP contribution in [0.3, 0.4) is 0 Å². The summed E-state index contributed by atoms with van der Waals surface area (Å²) in [6.07, 6.45) is 4.81. The first-order valence-electron chi connectivity index (χ1n) is 6.44. The van der Waals surface area contributed by atoms with Crippen LogP contribution in [0, 0.1) is 0 Å². The average molecular weight is 337 g/mol. The van der Waals surface area contributed by atoms with Gasteiger partial charge in [0, 0.05) is 18.7 Å². The summed E-state index contributed by atoms with van der Waals surface area (Å²) in [5, 5.41) is 9.29. The topological polar surface area (TPSA) is 69.1 Å². The highest BCUT2D eigenvalue weighted by Crippen LogP contribution is 2.34. The van der Waals surface area contributed by atoms with Crippen LogP contribution in [0.5, 0.6) is 0 Å². The minimum atomic E-state index is 0.0839. The molecule has 3 aromatic heterocycles. The monoisotopic (exact) mass is 337 g/mol. The highest BCUT2D eigenvalue weighted by molar-refractivity contribution is 8.03. The summed E-state index contributed by atoms with van der Waals surface area (Å²) in [4.78, 5) is 4.70. The fourth-order valence-electron chi connectivity index (χ4n) is 2.00. The fourth-order valence-corrected chi connectivity index (χ4v) is 4.49. The normalized spacial score (nSPS) is 12.9. The molecule has 2 N–H and O–H groups in total. The van der Waals surface area contributed by atoms with Crippen molar-refractivity contribution < 1.29 is 0 Å². The molecule has 110 valence electrons. The van der Waals surface area contributed by atoms with E-state index in [1.807, 2.05) is 37.6 Å². The van der Waals surface area contributed by atoms with Crippen molar-refractivity contribution >= 4 is 40.5 Å². The van der Waals surface area contributed by atoms with E-state index < -0.39 is 0 Å². The molecule has 5 nitrogen and oxygen atoms in total. The van der Waals surface area contributed by atoms with Gasteiger partial charge in [0.25, 0.3) is 0 Å². The van der Waals surface area contributed by atoms with E-state index in [2.05, 4.69) is 14.6 Å². The highest BCUT2D eigenvalue weighted by Gasteiger charge is 2.16. The number of hydrogen-bond donors (Lipinski definition) is 1. The van der Waals surface area contributed by atoms with E-state index in [-0.39, 0.29) is 6.04 Å². The lowest BCUT2D eigenvalue weighted by Crippen LogP contribution is -2.19. The van der Waals surface area contributed by atoms with Gasteiger partial charge in [0.2, 0.25) is 0 Å². The van der Waals surface area contributed by atoms with E-state index in [0.717, 1.165) is 31.5 Å². The highest BCUT2D eigenvalue weighted by atomic mass is 32.2. The van der Waals surface area contributed by atoms with Gasteiger partial charge in [-0.1, -0.05) is 29.2 Å². The van der Waals surface area contributed by atoms with Gasteiger partial charge in [-0.15, -0.1) is 10.2 Å². The van der Waals surface area contributed by atoms with Gasteiger partial charge in [-0.2, -0.15) is 0 Å². The van der Waals surface area contributed by atoms with Gasteiger partial charge in [0.1, 0.15) is 10.7 Å². The van der Waals surface area contributed by atoms with Crippen molar-refractivity contribution in [3.63, 3.8) is 0 Å². The summed E-state index contributed by atoms with van der Waals surface area (Å²) in [5.74, 6) is 0. The molecule has 3 rings (SSSR count). The molecule has 0 aliphatic carbocycles. The number of fused-ring (bicyclic) bond motifs is 1. The molecule has 0 radical (unpaired) electrons. The van der Waals surface area contributed by atoms with Crippen LogP contribution in [-0.4, -0.2) is 31.9 Å². The standard InChI is InChI=1S/C13H15N5S3/c1-8(14)7-9-11(15-10-5-3-4-6-18(9)10)20-13-17-16-12(19-2)21-13/h3-6,8H,7,14H2,1-2H3. The van der Waals surface area contributed by atoms with Crippen LogP contribution in [0.4, 0.5) is 0 Å². The van der Waals surface area contributed by atoms with Crippen molar-refractivity contribution in [2.75, 3.05) is 6.26 Å². The number of rotatable bonds is 5. The quantitative estimate of drug-likeness (QED) is 0.722. The van der Waals surface area contributed by atoms with Crippen molar-refractivity contribution in [1.29, 1.82) is 0 Å². The van der Waals surface area contributed by atoms with Crippen molar-refractivity contribution in [2.45, 2.75) is 33.1 Å². The van der Waals surface area contributed by atoms with Crippen LogP contribution in [-0.2, 0) is 6.42 Å². The van der Waals surface area contributed by atoms with Crippen LogP contribution >= 0.6 is 34.9 Å². The lowest BCUT2D eigenvalue weighted by Gasteiger charge is -2.06. The number of hydrogen-bond acceptors (Lipinski definition) is 7. The van der Waals surface area contributed by atoms with Crippen LogP contribution in [0.1, 0.15) is 12.6 Å². The first kappa shape index (κ1) is 14.8. The zero-order valence-electron chi connectivity index (χ0n) is 11.7. The zero-order valence-corrected chi connectivity index (χ0v) is 14.1. The van der Waals surface area contributed by atoms with Crippen LogP contribution in [0.15, 0.2) is 38.1 Å². The molecule has 1 unspecified atom stereocenters. The van der Waals surface area contributed by atoms with Gasteiger partial charge in [-0.05, 0) is 37.1 Å². The van der Waals surface area contributed by atoms with Crippen molar-refractivity contribution in [1.82, 2.24) is 19.6 Å².